The van der Waals surface area contributed by atoms with E-state index in [0.717, 1.165) is 21.8 Å². The summed E-state index contributed by atoms with van der Waals surface area (Å²) in [5, 5.41) is 28.5. The molecule has 0 aliphatic rings. The van der Waals surface area contributed by atoms with Crippen LogP contribution in [0.1, 0.15) is 0 Å². The first kappa shape index (κ1) is 13.4. The first-order valence-corrected chi connectivity index (χ1v) is 7.14. The standard InChI is InChI=1S/C17H13N5O/c1-22-15-10-12(7-8-14(15)19-21-22)18-20-17-13-5-3-2-4-11(13)6-9-16(17)23/h2-10,23H,1H3. The summed E-state index contributed by atoms with van der Waals surface area (Å²) in [5.41, 5.74) is 2.82. The van der Waals surface area contributed by atoms with E-state index in [-0.39, 0.29) is 5.75 Å². The fourth-order valence-corrected chi connectivity index (χ4v) is 2.54. The molecule has 4 aromatic rings. The number of fused-ring (bicyclic) bond motifs is 2. The van der Waals surface area contributed by atoms with Gasteiger partial charge in [0.15, 0.2) is 0 Å². The van der Waals surface area contributed by atoms with E-state index in [1.807, 2.05) is 55.6 Å². The maximum absolute atomic E-state index is 10.1. The zero-order valence-corrected chi connectivity index (χ0v) is 12.4. The van der Waals surface area contributed by atoms with E-state index in [4.69, 9.17) is 0 Å². The van der Waals surface area contributed by atoms with Gasteiger partial charge in [0.2, 0.25) is 0 Å². The van der Waals surface area contributed by atoms with Crippen LogP contribution in [0.2, 0.25) is 0 Å². The van der Waals surface area contributed by atoms with Crippen molar-refractivity contribution in [3.8, 4) is 5.75 Å². The number of benzene rings is 3. The third-order valence-corrected chi connectivity index (χ3v) is 3.74. The number of rotatable bonds is 2. The Kier molecular flexibility index (Phi) is 3.01. The molecule has 0 saturated heterocycles. The Morgan fingerprint density at radius 1 is 1.00 bits per heavy atom. The zero-order valence-electron chi connectivity index (χ0n) is 12.4. The summed E-state index contributed by atoms with van der Waals surface area (Å²) in [4.78, 5) is 0. The normalized spacial score (nSPS) is 11.7. The number of phenolic OH excluding ortho intramolecular Hbond substituents is 1. The molecule has 23 heavy (non-hydrogen) atoms. The lowest BCUT2D eigenvalue weighted by Gasteiger charge is -2.03. The van der Waals surface area contributed by atoms with E-state index in [9.17, 15) is 5.11 Å². The van der Waals surface area contributed by atoms with E-state index in [2.05, 4.69) is 20.5 Å². The number of hydrogen-bond acceptors (Lipinski definition) is 5. The Balaban J connectivity index is 1.81. The van der Waals surface area contributed by atoms with Crippen LogP contribution in [0.3, 0.4) is 0 Å². The molecule has 6 heteroatoms. The Morgan fingerprint density at radius 2 is 1.87 bits per heavy atom. The van der Waals surface area contributed by atoms with E-state index >= 15 is 0 Å². The van der Waals surface area contributed by atoms with Crippen LogP contribution >= 0.6 is 0 Å². The van der Waals surface area contributed by atoms with Crippen LogP contribution < -0.4 is 0 Å². The van der Waals surface area contributed by atoms with Gasteiger partial charge >= 0.3 is 0 Å². The number of aromatic nitrogens is 3. The molecule has 0 radical (unpaired) electrons. The Labute approximate surface area is 131 Å². The summed E-state index contributed by atoms with van der Waals surface area (Å²) in [7, 11) is 1.83. The number of phenols is 1. The van der Waals surface area contributed by atoms with Crippen molar-refractivity contribution in [3.63, 3.8) is 0 Å². The van der Waals surface area contributed by atoms with Crippen molar-refractivity contribution in [2.75, 3.05) is 0 Å². The number of nitrogens with zero attached hydrogens (tertiary/aromatic N) is 5. The maximum Gasteiger partial charge on any atom is 0.143 e. The molecule has 0 unspecified atom stereocenters. The highest BCUT2D eigenvalue weighted by Crippen LogP contribution is 2.36. The topological polar surface area (TPSA) is 75.7 Å². The molecule has 0 amide bonds. The first-order valence-electron chi connectivity index (χ1n) is 7.14. The molecule has 6 nitrogen and oxygen atoms in total. The minimum absolute atomic E-state index is 0.107. The number of azo groups is 1. The predicted molar refractivity (Wildman–Crippen MR) is 88.3 cm³/mol. The van der Waals surface area contributed by atoms with Crippen molar-refractivity contribution in [1.82, 2.24) is 15.0 Å². The van der Waals surface area contributed by atoms with Crippen LogP contribution in [0.25, 0.3) is 21.8 Å². The molecule has 0 spiro atoms. The molecule has 112 valence electrons. The van der Waals surface area contributed by atoms with Gasteiger partial charge in [-0.2, -0.15) is 5.11 Å². The smallest absolute Gasteiger partial charge is 0.143 e. The molecule has 0 saturated carbocycles. The van der Waals surface area contributed by atoms with Gasteiger partial charge in [-0.25, -0.2) is 4.68 Å². The lowest BCUT2D eigenvalue weighted by Crippen LogP contribution is -1.88. The highest BCUT2D eigenvalue weighted by Gasteiger charge is 2.06. The molecule has 0 fully saturated rings. The number of hydrogen-bond donors (Lipinski definition) is 1. The SMILES string of the molecule is Cn1nnc2ccc(N=Nc3c(O)ccc4ccccc34)cc21. The zero-order chi connectivity index (χ0) is 15.8. The van der Waals surface area contributed by atoms with Crippen molar-refractivity contribution in [2.45, 2.75) is 0 Å². The second-order valence-corrected chi connectivity index (χ2v) is 5.24. The number of aryl methyl sites for hydroxylation is 1. The second-order valence-electron chi connectivity index (χ2n) is 5.24. The molecule has 1 aromatic heterocycles. The Hall–Kier alpha value is -3.28. The summed E-state index contributed by atoms with van der Waals surface area (Å²) >= 11 is 0. The minimum atomic E-state index is 0.107. The van der Waals surface area contributed by atoms with Gasteiger partial charge in [0.25, 0.3) is 0 Å². The quantitative estimate of drug-likeness (QED) is 0.563. The van der Waals surface area contributed by atoms with Gasteiger partial charge in [0.1, 0.15) is 17.0 Å². The van der Waals surface area contributed by atoms with Crippen LogP contribution in [-0.2, 0) is 7.05 Å². The minimum Gasteiger partial charge on any atom is -0.506 e. The van der Waals surface area contributed by atoms with Gasteiger partial charge in [-0.1, -0.05) is 35.5 Å². The molecule has 0 aliphatic carbocycles. The molecule has 3 aromatic carbocycles. The summed E-state index contributed by atoms with van der Waals surface area (Å²) in [5.74, 6) is 0.107. The van der Waals surface area contributed by atoms with Crippen molar-refractivity contribution in [3.05, 3.63) is 54.6 Å². The predicted octanol–water partition coefficient (Wildman–Crippen LogP) is 4.24. The third kappa shape index (κ3) is 2.30. The van der Waals surface area contributed by atoms with Crippen LogP contribution in [0, 0.1) is 0 Å². The van der Waals surface area contributed by atoms with Crippen LogP contribution in [0.15, 0.2) is 64.8 Å². The molecule has 0 bridgehead atoms. The van der Waals surface area contributed by atoms with Gasteiger partial charge < -0.3 is 5.11 Å². The monoisotopic (exact) mass is 303 g/mol. The van der Waals surface area contributed by atoms with Crippen LogP contribution in [-0.4, -0.2) is 20.1 Å². The second kappa shape index (κ2) is 5.17. The summed E-state index contributed by atoms with van der Waals surface area (Å²) in [6.45, 7) is 0. The van der Waals surface area contributed by atoms with Gasteiger partial charge in [-0.3, -0.25) is 0 Å². The van der Waals surface area contributed by atoms with Gasteiger partial charge in [-0.05, 0) is 29.7 Å². The molecular formula is C17H13N5O. The van der Waals surface area contributed by atoms with E-state index in [0.29, 0.717) is 11.4 Å². The highest BCUT2D eigenvalue weighted by atomic mass is 16.3. The fraction of sp³-hybridized carbons (Fsp3) is 0.0588. The molecular weight excluding hydrogens is 290 g/mol. The molecule has 0 aliphatic heterocycles. The van der Waals surface area contributed by atoms with Gasteiger partial charge in [0.05, 0.1) is 11.2 Å². The Morgan fingerprint density at radius 3 is 2.78 bits per heavy atom. The summed E-state index contributed by atoms with van der Waals surface area (Å²) in [6.07, 6.45) is 0. The molecule has 4 rings (SSSR count). The maximum atomic E-state index is 10.1. The van der Waals surface area contributed by atoms with Crippen molar-refractivity contribution >= 4 is 33.2 Å². The number of aromatic hydroxyl groups is 1. The largest absolute Gasteiger partial charge is 0.506 e. The third-order valence-electron chi connectivity index (χ3n) is 3.74. The molecule has 1 heterocycles. The lowest BCUT2D eigenvalue weighted by atomic mass is 10.1. The van der Waals surface area contributed by atoms with E-state index < -0.39 is 0 Å². The van der Waals surface area contributed by atoms with Crippen molar-refractivity contribution in [1.29, 1.82) is 0 Å². The summed E-state index contributed by atoms with van der Waals surface area (Å²) in [6, 6.07) is 16.8. The average Bonchev–Trinajstić information content (AvgIpc) is 2.95. The fourth-order valence-electron chi connectivity index (χ4n) is 2.54. The summed E-state index contributed by atoms with van der Waals surface area (Å²) < 4.78 is 1.68. The average molecular weight is 303 g/mol. The van der Waals surface area contributed by atoms with E-state index in [1.54, 1.807) is 10.7 Å². The molecule has 0 atom stereocenters. The molecule has 1 N–H and O–H groups in total. The van der Waals surface area contributed by atoms with Crippen LogP contribution in [0.5, 0.6) is 5.75 Å². The van der Waals surface area contributed by atoms with Gasteiger partial charge in [-0.15, -0.1) is 10.2 Å². The van der Waals surface area contributed by atoms with Crippen molar-refractivity contribution < 1.29 is 5.11 Å². The Bertz CT molecular complexity index is 1050. The first-order chi connectivity index (χ1) is 11.2. The van der Waals surface area contributed by atoms with Crippen LogP contribution in [0.4, 0.5) is 11.4 Å². The van der Waals surface area contributed by atoms with Crippen molar-refractivity contribution in [2.24, 2.45) is 17.3 Å². The van der Waals surface area contributed by atoms with Gasteiger partial charge in [0, 0.05) is 12.4 Å². The van der Waals surface area contributed by atoms with E-state index in [1.165, 1.54) is 0 Å². The lowest BCUT2D eigenvalue weighted by molar-refractivity contribution is 0.477. The highest BCUT2D eigenvalue weighted by molar-refractivity contribution is 5.95.